The molecule has 2 rings (SSSR count). The number of piperidine rings is 1. The van der Waals surface area contributed by atoms with Crippen LogP contribution in [0.3, 0.4) is 0 Å². The van der Waals surface area contributed by atoms with Crippen LogP contribution in [0.4, 0.5) is 0 Å². The minimum Gasteiger partial charge on any atom is -0.338 e. The fourth-order valence-corrected chi connectivity index (χ4v) is 3.19. The number of halogens is 2. The lowest BCUT2D eigenvalue weighted by Crippen LogP contribution is -2.43. The molecule has 98 valence electrons. The molecule has 0 saturated carbocycles. The highest BCUT2D eigenvalue weighted by Crippen LogP contribution is 2.25. The third-order valence-electron chi connectivity index (χ3n) is 3.51. The average molecular weight is 375 g/mol. The van der Waals surface area contributed by atoms with Gasteiger partial charge in [0.05, 0.1) is 0 Å². The van der Waals surface area contributed by atoms with E-state index in [2.05, 4.69) is 38.8 Å². The fraction of sp³-hybridized carbons (Fsp3) is 0.500. The van der Waals surface area contributed by atoms with Crippen LogP contribution in [0, 0.1) is 12.8 Å². The van der Waals surface area contributed by atoms with Gasteiger partial charge in [0, 0.05) is 28.0 Å². The van der Waals surface area contributed by atoms with Gasteiger partial charge in [-0.2, -0.15) is 0 Å². The molecule has 1 aliphatic heterocycles. The van der Waals surface area contributed by atoms with E-state index in [9.17, 15) is 4.79 Å². The highest BCUT2D eigenvalue weighted by molar-refractivity contribution is 9.10. The van der Waals surface area contributed by atoms with Crippen molar-refractivity contribution in [1.82, 2.24) is 4.90 Å². The Morgan fingerprint density at radius 3 is 2.78 bits per heavy atom. The SMILES string of the molecule is Cc1cc(Br)ccc1C(=O)N1CCC(Br)C(C)C1. The normalized spacial score (nSPS) is 24.1. The first kappa shape index (κ1) is 14.1. The van der Waals surface area contributed by atoms with Crippen molar-refractivity contribution < 1.29 is 4.79 Å². The van der Waals surface area contributed by atoms with Crippen LogP contribution < -0.4 is 0 Å². The zero-order valence-electron chi connectivity index (χ0n) is 10.6. The molecule has 0 bridgehead atoms. The Labute approximate surface area is 125 Å². The van der Waals surface area contributed by atoms with E-state index in [-0.39, 0.29) is 5.91 Å². The summed E-state index contributed by atoms with van der Waals surface area (Å²) >= 11 is 7.09. The molecule has 4 heteroatoms. The number of carbonyl (C=O) groups is 1. The summed E-state index contributed by atoms with van der Waals surface area (Å²) in [5.74, 6) is 0.671. The number of nitrogens with zero attached hydrogens (tertiary/aromatic N) is 1. The van der Waals surface area contributed by atoms with Gasteiger partial charge in [-0.15, -0.1) is 0 Å². The first-order valence-electron chi connectivity index (χ1n) is 6.18. The molecule has 1 aromatic rings. The van der Waals surface area contributed by atoms with Crippen LogP contribution in [0.2, 0.25) is 0 Å². The summed E-state index contributed by atoms with van der Waals surface area (Å²) < 4.78 is 1.02. The number of benzene rings is 1. The van der Waals surface area contributed by atoms with Gasteiger partial charge in [0.2, 0.25) is 0 Å². The number of aryl methyl sites for hydroxylation is 1. The van der Waals surface area contributed by atoms with Crippen molar-refractivity contribution in [2.75, 3.05) is 13.1 Å². The predicted octanol–water partition coefficient (Wildman–Crippen LogP) is 4.00. The van der Waals surface area contributed by atoms with Crippen LogP contribution in [0.1, 0.15) is 29.3 Å². The van der Waals surface area contributed by atoms with Crippen molar-refractivity contribution in [3.05, 3.63) is 33.8 Å². The third kappa shape index (κ3) is 2.97. The van der Waals surface area contributed by atoms with E-state index in [0.717, 1.165) is 35.1 Å². The standard InChI is InChI=1S/C14H17Br2NO/c1-9-7-11(15)3-4-12(9)14(18)17-6-5-13(16)10(2)8-17/h3-4,7,10,13H,5-6,8H2,1-2H3. The number of amides is 1. The molecule has 2 atom stereocenters. The second kappa shape index (κ2) is 5.74. The second-order valence-electron chi connectivity index (χ2n) is 4.99. The lowest BCUT2D eigenvalue weighted by molar-refractivity contribution is 0.0690. The highest BCUT2D eigenvalue weighted by atomic mass is 79.9. The van der Waals surface area contributed by atoms with Crippen LogP contribution >= 0.6 is 31.9 Å². The molecule has 1 saturated heterocycles. The van der Waals surface area contributed by atoms with Crippen molar-refractivity contribution in [3.63, 3.8) is 0 Å². The van der Waals surface area contributed by atoms with Crippen LogP contribution in [0.5, 0.6) is 0 Å². The summed E-state index contributed by atoms with van der Waals surface area (Å²) in [6.07, 6.45) is 1.03. The van der Waals surface area contributed by atoms with Crippen LogP contribution in [0.15, 0.2) is 22.7 Å². The van der Waals surface area contributed by atoms with E-state index in [1.165, 1.54) is 0 Å². The van der Waals surface area contributed by atoms with Crippen LogP contribution in [-0.4, -0.2) is 28.7 Å². The van der Waals surface area contributed by atoms with E-state index < -0.39 is 0 Å². The molecule has 0 aromatic heterocycles. The maximum atomic E-state index is 12.5. The topological polar surface area (TPSA) is 20.3 Å². The smallest absolute Gasteiger partial charge is 0.254 e. The van der Waals surface area contributed by atoms with Gasteiger partial charge >= 0.3 is 0 Å². The second-order valence-corrected chi connectivity index (χ2v) is 7.08. The number of rotatable bonds is 1. The van der Waals surface area contributed by atoms with E-state index in [0.29, 0.717) is 10.7 Å². The molecule has 2 unspecified atom stereocenters. The quantitative estimate of drug-likeness (QED) is 0.680. The number of hydrogen-bond donors (Lipinski definition) is 0. The molecule has 1 aromatic carbocycles. The predicted molar refractivity (Wildman–Crippen MR) is 81.3 cm³/mol. The zero-order chi connectivity index (χ0) is 13.3. The van der Waals surface area contributed by atoms with Crippen LogP contribution in [0.25, 0.3) is 0 Å². The largest absolute Gasteiger partial charge is 0.338 e. The van der Waals surface area contributed by atoms with Gasteiger partial charge < -0.3 is 4.90 Å². The monoisotopic (exact) mass is 373 g/mol. The fourth-order valence-electron chi connectivity index (χ4n) is 2.34. The van der Waals surface area contributed by atoms with E-state index >= 15 is 0 Å². The van der Waals surface area contributed by atoms with Crippen LogP contribution in [-0.2, 0) is 0 Å². The highest BCUT2D eigenvalue weighted by Gasteiger charge is 2.27. The summed E-state index contributed by atoms with van der Waals surface area (Å²) in [5, 5.41) is 0. The Balaban J connectivity index is 2.16. The maximum Gasteiger partial charge on any atom is 0.254 e. The zero-order valence-corrected chi connectivity index (χ0v) is 13.8. The Kier molecular flexibility index (Phi) is 4.49. The van der Waals surface area contributed by atoms with Gasteiger partial charge in [0.15, 0.2) is 0 Å². The summed E-state index contributed by atoms with van der Waals surface area (Å²) in [4.78, 5) is 15.0. The molecule has 18 heavy (non-hydrogen) atoms. The Morgan fingerprint density at radius 1 is 1.44 bits per heavy atom. The Bertz CT molecular complexity index is 461. The Hall–Kier alpha value is -0.350. The van der Waals surface area contributed by atoms with Crippen molar-refractivity contribution in [1.29, 1.82) is 0 Å². The maximum absolute atomic E-state index is 12.5. The van der Waals surface area contributed by atoms with Gasteiger partial charge in [-0.05, 0) is 43.0 Å². The molecular formula is C14H17Br2NO. The summed E-state index contributed by atoms with van der Waals surface area (Å²) in [6, 6.07) is 5.83. The lowest BCUT2D eigenvalue weighted by Gasteiger charge is -2.34. The summed E-state index contributed by atoms with van der Waals surface area (Å²) in [6.45, 7) is 5.85. The molecule has 0 radical (unpaired) electrons. The molecule has 2 nitrogen and oxygen atoms in total. The molecule has 1 heterocycles. The Morgan fingerprint density at radius 2 is 2.17 bits per heavy atom. The van der Waals surface area contributed by atoms with Gasteiger partial charge in [0.1, 0.15) is 0 Å². The average Bonchev–Trinajstić information content (AvgIpc) is 2.32. The van der Waals surface area contributed by atoms with Crippen molar-refractivity contribution in [2.24, 2.45) is 5.92 Å². The van der Waals surface area contributed by atoms with E-state index in [1.807, 2.05) is 30.0 Å². The number of hydrogen-bond acceptors (Lipinski definition) is 1. The minimum atomic E-state index is 0.159. The first-order valence-corrected chi connectivity index (χ1v) is 7.89. The van der Waals surface area contributed by atoms with Crippen molar-refractivity contribution >= 4 is 37.8 Å². The van der Waals surface area contributed by atoms with Gasteiger partial charge in [-0.1, -0.05) is 38.8 Å². The number of carbonyl (C=O) groups excluding carboxylic acids is 1. The summed E-state index contributed by atoms with van der Waals surface area (Å²) in [7, 11) is 0. The van der Waals surface area contributed by atoms with Gasteiger partial charge in [-0.3, -0.25) is 4.79 Å². The van der Waals surface area contributed by atoms with Crippen molar-refractivity contribution in [2.45, 2.75) is 25.1 Å². The minimum absolute atomic E-state index is 0.159. The molecule has 1 amide bonds. The van der Waals surface area contributed by atoms with Gasteiger partial charge in [0.25, 0.3) is 5.91 Å². The molecular weight excluding hydrogens is 358 g/mol. The lowest BCUT2D eigenvalue weighted by atomic mass is 9.98. The third-order valence-corrected chi connectivity index (χ3v) is 5.36. The molecule has 1 aliphatic rings. The first-order chi connectivity index (χ1) is 8.49. The molecule has 1 fully saturated rings. The van der Waals surface area contributed by atoms with Crippen molar-refractivity contribution in [3.8, 4) is 0 Å². The molecule has 0 aliphatic carbocycles. The number of likely N-dealkylation sites (tertiary alicyclic amines) is 1. The molecule has 0 N–H and O–H groups in total. The number of alkyl halides is 1. The molecule has 0 spiro atoms. The summed E-state index contributed by atoms with van der Waals surface area (Å²) in [5.41, 5.74) is 1.85. The van der Waals surface area contributed by atoms with Gasteiger partial charge in [-0.25, -0.2) is 0 Å². The van der Waals surface area contributed by atoms with E-state index in [1.54, 1.807) is 0 Å². The van der Waals surface area contributed by atoms with E-state index in [4.69, 9.17) is 0 Å².